The van der Waals surface area contributed by atoms with Crippen molar-refractivity contribution < 1.29 is 35.9 Å². The molecule has 178 valence electrons. The number of hydrogen-bond acceptors (Lipinski definition) is 6. The maximum atomic E-state index is 15.0. The summed E-state index contributed by atoms with van der Waals surface area (Å²) in [5, 5.41) is 2.44. The second-order valence-corrected chi connectivity index (χ2v) is 8.70. The fourth-order valence-electron chi connectivity index (χ4n) is 2.96. The molecule has 0 saturated carbocycles. The lowest BCUT2D eigenvalue weighted by Crippen LogP contribution is -2.17. The standard InChI is InChI=1S/C22H18F3N3O5S/c1-12(29)27-20-8-3-13(11-26-20)9-18(30)21-15(23)5-6-17(22(21)25)28-34(31,32)14-4-7-19(33-2)16(24)10-14/h3-8,10-11,28H,9H2,1-2H3,(H,26,27,29). The van der Waals surface area contributed by atoms with Crippen LogP contribution in [-0.2, 0) is 21.2 Å². The minimum Gasteiger partial charge on any atom is -0.494 e. The number of ketones is 1. The van der Waals surface area contributed by atoms with E-state index in [-0.39, 0.29) is 17.5 Å². The summed E-state index contributed by atoms with van der Waals surface area (Å²) in [5.74, 6) is -4.86. The lowest BCUT2D eigenvalue weighted by atomic mass is 10.0. The van der Waals surface area contributed by atoms with E-state index in [2.05, 4.69) is 10.3 Å². The highest BCUT2D eigenvalue weighted by Crippen LogP contribution is 2.27. The second kappa shape index (κ2) is 9.91. The van der Waals surface area contributed by atoms with E-state index in [1.807, 2.05) is 4.72 Å². The van der Waals surface area contributed by atoms with Crippen molar-refractivity contribution in [1.82, 2.24) is 4.98 Å². The zero-order valence-corrected chi connectivity index (χ0v) is 18.7. The van der Waals surface area contributed by atoms with Crippen molar-refractivity contribution in [1.29, 1.82) is 0 Å². The molecule has 0 radical (unpaired) electrons. The number of aromatic nitrogens is 1. The molecule has 1 heterocycles. The van der Waals surface area contributed by atoms with Gasteiger partial charge in [0, 0.05) is 19.5 Å². The number of pyridine rings is 1. The molecule has 0 aliphatic carbocycles. The molecule has 1 amide bonds. The number of hydrogen-bond donors (Lipinski definition) is 2. The summed E-state index contributed by atoms with van der Waals surface area (Å²) in [6, 6.07) is 7.18. The van der Waals surface area contributed by atoms with Gasteiger partial charge in [-0.1, -0.05) is 6.07 Å². The number of sulfonamides is 1. The Morgan fingerprint density at radius 3 is 2.35 bits per heavy atom. The predicted molar refractivity (Wildman–Crippen MR) is 117 cm³/mol. The monoisotopic (exact) mass is 493 g/mol. The Morgan fingerprint density at radius 2 is 1.76 bits per heavy atom. The minimum absolute atomic E-state index is 0.195. The molecular formula is C22H18F3N3O5S. The average molecular weight is 493 g/mol. The van der Waals surface area contributed by atoms with E-state index in [0.717, 1.165) is 24.3 Å². The van der Waals surface area contributed by atoms with Gasteiger partial charge in [0.05, 0.1) is 23.3 Å². The molecule has 2 N–H and O–H groups in total. The lowest BCUT2D eigenvalue weighted by molar-refractivity contribution is -0.114. The van der Waals surface area contributed by atoms with E-state index in [1.165, 1.54) is 32.4 Å². The molecular weight excluding hydrogens is 475 g/mol. The van der Waals surface area contributed by atoms with Crippen molar-refractivity contribution in [2.45, 2.75) is 18.2 Å². The van der Waals surface area contributed by atoms with Crippen LogP contribution in [0.1, 0.15) is 22.8 Å². The van der Waals surface area contributed by atoms with Gasteiger partial charge in [-0.05, 0) is 42.0 Å². The maximum absolute atomic E-state index is 15.0. The summed E-state index contributed by atoms with van der Waals surface area (Å²) in [6.07, 6.45) is 0.810. The Labute approximate surface area is 192 Å². The van der Waals surface area contributed by atoms with Crippen LogP contribution in [0.4, 0.5) is 24.7 Å². The van der Waals surface area contributed by atoms with Gasteiger partial charge < -0.3 is 10.1 Å². The van der Waals surface area contributed by atoms with Gasteiger partial charge in [0.15, 0.2) is 23.2 Å². The van der Waals surface area contributed by atoms with Crippen molar-refractivity contribution in [2.75, 3.05) is 17.1 Å². The van der Waals surface area contributed by atoms with Crippen molar-refractivity contribution in [3.63, 3.8) is 0 Å². The highest BCUT2D eigenvalue weighted by atomic mass is 32.2. The first kappa shape index (κ1) is 24.7. The van der Waals surface area contributed by atoms with Crippen molar-refractivity contribution in [2.24, 2.45) is 0 Å². The van der Waals surface area contributed by atoms with Gasteiger partial charge in [-0.25, -0.2) is 26.6 Å². The summed E-state index contributed by atoms with van der Waals surface area (Å²) in [5.41, 5.74) is -1.34. The molecule has 0 spiro atoms. The van der Waals surface area contributed by atoms with Crippen molar-refractivity contribution in [3.05, 3.63) is 77.2 Å². The van der Waals surface area contributed by atoms with Crippen LogP contribution in [0.5, 0.6) is 5.75 Å². The fourth-order valence-corrected chi connectivity index (χ4v) is 4.03. The first-order valence-electron chi connectivity index (χ1n) is 9.62. The van der Waals surface area contributed by atoms with Gasteiger partial charge in [0.2, 0.25) is 5.91 Å². The van der Waals surface area contributed by atoms with Gasteiger partial charge in [-0.3, -0.25) is 14.3 Å². The molecule has 2 aromatic carbocycles. The first-order chi connectivity index (χ1) is 16.0. The number of carbonyl (C=O) groups is 2. The summed E-state index contributed by atoms with van der Waals surface area (Å²) in [6.45, 7) is 1.29. The third kappa shape index (κ3) is 5.52. The minimum atomic E-state index is -4.48. The molecule has 0 aliphatic heterocycles. The third-order valence-electron chi connectivity index (χ3n) is 4.54. The van der Waals surface area contributed by atoms with E-state index in [1.54, 1.807) is 0 Å². The third-order valence-corrected chi connectivity index (χ3v) is 5.90. The van der Waals surface area contributed by atoms with Crippen LogP contribution in [0.3, 0.4) is 0 Å². The molecule has 0 unspecified atom stereocenters. The maximum Gasteiger partial charge on any atom is 0.262 e. The molecule has 1 aromatic heterocycles. The summed E-state index contributed by atoms with van der Waals surface area (Å²) in [4.78, 5) is 27.0. The number of ether oxygens (including phenoxy) is 1. The van der Waals surface area contributed by atoms with Gasteiger partial charge in [-0.15, -0.1) is 0 Å². The van der Waals surface area contributed by atoms with Gasteiger partial charge in [0.1, 0.15) is 11.6 Å². The van der Waals surface area contributed by atoms with Crippen molar-refractivity contribution in [3.8, 4) is 5.75 Å². The number of nitrogens with one attached hydrogen (secondary N) is 2. The quantitative estimate of drug-likeness (QED) is 0.463. The Hall–Kier alpha value is -3.93. The number of methoxy groups -OCH3 is 1. The number of anilines is 2. The van der Waals surface area contributed by atoms with Crippen LogP contribution in [-0.4, -0.2) is 32.2 Å². The molecule has 12 heteroatoms. The smallest absolute Gasteiger partial charge is 0.262 e. The van der Waals surface area contributed by atoms with Gasteiger partial charge >= 0.3 is 0 Å². The molecule has 8 nitrogen and oxygen atoms in total. The fraction of sp³-hybridized carbons (Fsp3) is 0.136. The van der Waals surface area contributed by atoms with Crippen LogP contribution < -0.4 is 14.8 Å². The summed E-state index contributed by atoms with van der Waals surface area (Å²) >= 11 is 0. The lowest BCUT2D eigenvalue weighted by Gasteiger charge is -2.13. The molecule has 0 bridgehead atoms. The van der Waals surface area contributed by atoms with Gasteiger partial charge in [-0.2, -0.15) is 0 Å². The molecule has 34 heavy (non-hydrogen) atoms. The zero-order valence-electron chi connectivity index (χ0n) is 17.9. The van der Waals surface area contributed by atoms with Crippen LogP contribution in [0.15, 0.2) is 53.6 Å². The number of halogens is 3. The Kier molecular flexibility index (Phi) is 7.20. The highest BCUT2D eigenvalue weighted by molar-refractivity contribution is 7.92. The molecule has 0 saturated heterocycles. The topological polar surface area (TPSA) is 114 Å². The average Bonchev–Trinajstić information content (AvgIpc) is 2.76. The van der Waals surface area contributed by atoms with E-state index < -0.39 is 55.8 Å². The number of rotatable bonds is 8. The SMILES string of the molecule is COc1ccc(S(=O)(=O)Nc2ccc(F)c(C(=O)Cc3ccc(NC(C)=O)nc3)c2F)cc1F. The van der Waals surface area contributed by atoms with Crippen LogP contribution in [0.2, 0.25) is 0 Å². The molecule has 0 fully saturated rings. The number of carbonyl (C=O) groups excluding carboxylic acids is 2. The summed E-state index contributed by atoms with van der Waals surface area (Å²) < 4.78 is 75.0. The molecule has 0 atom stereocenters. The van der Waals surface area contributed by atoms with Crippen LogP contribution in [0.25, 0.3) is 0 Å². The number of nitrogens with zero attached hydrogens (tertiary/aromatic N) is 1. The number of amides is 1. The number of benzene rings is 2. The molecule has 3 rings (SSSR count). The predicted octanol–water partition coefficient (Wildman–Crippen LogP) is 3.69. The Bertz CT molecular complexity index is 1360. The normalized spacial score (nSPS) is 11.1. The second-order valence-electron chi connectivity index (χ2n) is 7.02. The summed E-state index contributed by atoms with van der Waals surface area (Å²) in [7, 11) is -3.28. The van der Waals surface area contributed by atoms with Crippen LogP contribution in [0, 0.1) is 17.5 Å². The largest absolute Gasteiger partial charge is 0.494 e. The zero-order chi connectivity index (χ0) is 25.0. The van der Waals surface area contributed by atoms with E-state index >= 15 is 0 Å². The number of Topliss-reactive ketones (excluding diaryl/α,β-unsaturated/α-hetero) is 1. The Balaban J connectivity index is 1.86. The van der Waals surface area contributed by atoms with Crippen LogP contribution >= 0.6 is 0 Å². The Morgan fingerprint density at radius 1 is 1.03 bits per heavy atom. The van der Waals surface area contributed by atoms with E-state index in [0.29, 0.717) is 11.6 Å². The van der Waals surface area contributed by atoms with E-state index in [4.69, 9.17) is 4.74 Å². The highest BCUT2D eigenvalue weighted by Gasteiger charge is 2.24. The van der Waals surface area contributed by atoms with Gasteiger partial charge in [0.25, 0.3) is 10.0 Å². The molecule has 3 aromatic rings. The van der Waals surface area contributed by atoms with Crippen molar-refractivity contribution >= 4 is 33.2 Å². The van der Waals surface area contributed by atoms with E-state index in [9.17, 15) is 31.2 Å². The molecule has 0 aliphatic rings. The first-order valence-corrected chi connectivity index (χ1v) is 11.1.